The molecule has 1 amide bonds. The number of hydrogen-bond acceptors (Lipinski definition) is 6. The Morgan fingerprint density at radius 3 is 2.68 bits per heavy atom. The van der Waals surface area contributed by atoms with E-state index in [4.69, 9.17) is 4.52 Å². The summed E-state index contributed by atoms with van der Waals surface area (Å²) in [5.41, 5.74) is 5.26. The Labute approximate surface area is 184 Å². The number of thioether (sulfide) groups is 1. The van der Waals surface area contributed by atoms with E-state index in [1.165, 1.54) is 11.8 Å². The van der Waals surface area contributed by atoms with Crippen LogP contribution in [0.3, 0.4) is 0 Å². The topological polar surface area (TPSA) is 85.8 Å². The molecule has 158 valence electrons. The number of aromatic nitrogens is 4. The molecule has 0 aliphatic heterocycles. The third kappa shape index (κ3) is 4.69. The van der Waals surface area contributed by atoms with Gasteiger partial charge in [0.2, 0.25) is 0 Å². The molecule has 0 bridgehead atoms. The summed E-state index contributed by atoms with van der Waals surface area (Å²) in [5, 5.41) is 12.3. The quantitative estimate of drug-likeness (QED) is 0.435. The Morgan fingerprint density at radius 1 is 1.13 bits per heavy atom. The van der Waals surface area contributed by atoms with Gasteiger partial charge in [0, 0.05) is 35.8 Å². The smallest absolute Gasteiger partial charge is 0.254 e. The second kappa shape index (κ2) is 9.18. The molecule has 0 saturated heterocycles. The largest absolute Gasteiger partial charge is 0.361 e. The second-order valence-corrected chi connectivity index (χ2v) is 8.12. The van der Waals surface area contributed by atoms with Crippen molar-refractivity contribution in [3.63, 3.8) is 0 Å². The Morgan fingerprint density at radius 2 is 1.94 bits per heavy atom. The van der Waals surface area contributed by atoms with E-state index in [2.05, 4.69) is 20.6 Å². The zero-order valence-electron chi connectivity index (χ0n) is 17.6. The van der Waals surface area contributed by atoms with Gasteiger partial charge >= 0.3 is 0 Å². The van der Waals surface area contributed by atoms with E-state index in [1.807, 2.05) is 61.9 Å². The molecule has 0 spiro atoms. The van der Waals surface area contributed by atoms with Crippen molar-refractivity contribution in [2.75, 3.05) is 0 Å². The molecule has 3 heterocycles. The molecule has 0 unspecified atom stereocenters. The number of aryl methyl sites for hydroxylation is 2. The summed E-state index contributed by atoms with van der Waals surface area (Å²) < 4.78 is 7.01. The van der Waals surface area contributed by atoms with Gasteiger partial charge in [0.1, 0.15) is 10.8 Å². The van der Waals surface area contributed by atoms with E-state index >= 15 is 0 Å². The maximum absolute atomic E-state index is 12.9. The van der Waals surface area contributed by atoms with Crippen LogP contribution in [0.1, 0.15) is 38.8 Å². The van der Waals surface area contributed by atoms with Crippen LogP contribution in [0.25, 0.3) is 5.69 Å². The van der Waals surface area contributed by atoms with Gasteiger partial charge in [-0.1, -0.05) is 35.1 Å². The fourth-order valence-corrected chi connectivity index (χ4v) is 4.19. The van der Waals surface area contributed by atoms with Crippen molar-refractivity contribution in [3.8, 4) is 5.69 Å². The first kappa shape index (κ1) is 20.9. The fraction of sp³-hybridized carbons (Fsp3) is 0.217. The van der Waals surface area contributed by atoms with Crippen LogP contribution in [0.15, 0.2) is 64.3 Å². The third-order valence-corrected chi connectivity index (χ3v) is 5.96. The average molecular weight is 434 g/mol. The minimum atomic E-state index is -0.168. The predicted molar refractivity (Wildman–Crippen MR) is 119 cm³/mol. The summed E-state index contributed by atoms with van der Waals surface area (Å²) in [7, 11) is 0. The molecule has 8 heteroatoms. The van der Waals surface area contributed by atoms with E-state index in [9.17, 15) is 4.79 Å². The highest BCUT2D eigenvalue weighted by molar-refractivity contribution is 7.98. The van der Waals surface area contributed by atoms with Crippen LogP contribution in [0.4, 0.5) is 0 Å². The van der Waals surface area contributed by atoms with Gasteiger partial charge in [0.05, 0.1) is 22.6 Å². The number of pyridine rings is 1. The van der Waals surface area contributed by atoms with Gasteiger partial charge in [0.15, 0.2) is 0 Å². The molecule has 0 atom stereocenters. The lowest BCUT2D eigenvalue weighted by molar-refractivity contribution is 0.0947. The summed E-state index contributed by atoms with van der Waals surface area (Å²) in [4.78, 5) is 17.3. The summed E-state index contributed by atoms with van der Waals surface area (Å²) in [6.07, 6.45) is 1.69. The number of amides is 1. The van der Waals surface area contributed by atoms with Crippen molar-refractivity contribution in [2.45, 2.75) is 38.1 Å². The number of carbonyl (C=O) groups excluding carboxylic acids is 1. The lowest BCUT2D eigenvalue weighted by atomic mass is 10.2. The minimum Gasteiger partial charge on any atom is -0.361 e. The fourth-order valence-electron chi connectivity index (χ4n) is 3.32. The summed E-state index contributed by atoms with van der Waals surface area (Å²) in [6, 6.07) is 15.4. The maximum atomic E-state index is 12.9. The summed E-state index contributed by atoms with van der Waals surface area (Å²) in [6.45, 7) is 6.22. The SMILES string of the molecule is Cc1cc(CSc2ncccc2C(=O)NCc2c(C)nn(-c3ccccc3)c2C)no1. The molecule has 3 aromatic heterocycles. The van der Waals surface area contributed by atoms with E-state index in [0.29, 0.717) is 22.9 Å². The number of rotatable bonds is 7. The van der Waals surface area contributed by atoms with Crippen LogP contribution < -0.4 is 5.32 Å². The highest BCUT2D eigenvalue weighted by Crippen LogP contribution is 2.24. The van der Waals surface area contributed by atoms with Crippen molar-refractivity contribution in [1.82, 2.24) is 25.2 Å². The van der Waals surface area contributed by atoms with Crippen LogP contribution in [0, 0.1) is 20.8 Å². The molecule has 4 rings (SSSR count). The van der Waals surface area contributed by atoms with Crippen molar-refractivity contribution in [2.24, 2.45) is 0 Å². The zero-order valence-corrected chi connectivity index (χ0v) is 18.4. The molecule has 0 radical (unpaired) electrons. The van der Waals surface area contributed by atoms with E-state index in [1.54, 1.807) is 18.3 Å². The minimum absolute atomic E-state index is 0.168. The highest BCUT2D eigenvalue weighted by Gasteiger charge is 2.17. The number of nitrogens with zero attached hydrogens (tertiary/aromatic N) is 4. The Hall–Kier alpha value is -3.39. The van der Waals surface area contributed by atoms with Crippen molar-refractivity contribution in [1.29, 1.82) is 0 Å². The molecule has 1 N–H and O–H groups in total. The first-order valence-electron chi connectivity index (χ1n) is 9.91. The van der Waals surface area contributed by atoms with Crippen molar-refractivity contribution < 1.29 is 9.32 Å². The molecule has 4 aromatic rings. The first-order chi connectivity index (χ1) is 15.0. The van der Waals surface area contributed by atoms with Gasteiger partial charge in [-0.25, -0.2) is 9.67 Å². The molecule has 7 nitrogen and oxygen atoms in total. The molecule has 0 aliphatic carbocycles. The van der Waals surface area contributed by atoms with Gasteiger partial charge in [-0.15, -0.1) is 0 Å². The summed E-state index contributed by atoms with van der Waals surface area (Å²) in [5.74, 6) is 1.17. The normalized spacial score (nSPS) is 10.9. The number of para-hydroxylation sites is 1. The van der Waals surface area contributed by atoms with E-state index in [-0.39, 0.29) is 5.91 Å². The molecule has 31 heavy (non-hydrogen) atoms. The van der Waals surface area contributed by atoms with Gasteiger partial charge in [-0.05, 0) is 45.0 Å². The molecule has 0 fully saturated rings. The van der Waals surface area contributed by atoms with Gasteiger partial charge < -0.3 is 9.84 Å². The predicted octanol–water partition coefficient (Wildman–Crippen LogP) is 4.40. The number of nitrogens with one attached hydrogen (secondary N) is 1. The summed E-state index contributed by atoms with van der Waals surface area (Å²) >= 11 is 1.46. The van der Waals surface area contributed by atoms with Gasteiger partial charge in [-0.2, -0.15) is 5.10 Å². The van der Waals surface area contributed by atoms with Crippen LogP contribution in [0.5, 0.6) is 0 Å². The van der Waals surface area contributed by atoms with E-state index in [0.717, 1.165) is 34.1 Å². The number of hydrogen-bond donors (Lipinski definition) is 1. The van der Waals surface area contributed by atoms with Gasteiger partial charge in [0.25, 0.3) is 5.91 Å². The monoisotopic (exact) mass is 433 g/mol. The van der Waals surface area contributed by atoms with Crippen LogP contribution in [0.2, 0.25) is 0 Å². The molecule has 0 aliphatic rings. The standard InChI is InChI=1S/C23H23N5O2S/c1-15-12-18(27-30-15)14-31-23-20(10-7-11-24-23)22(29)25-13-21-16(2)26-28(17(21)3)19-8-5-4-6-9-19/h4-12H,13-14H2,1-3H3,(H,25,29). The Bertz CT molecular complexity index is 1200. The Kier molecular flexibility index (Phi) is 6.18. The molecular formula is C23H23N5O2S. The lowest BCUT2D eigenvalue weighted by Gasteiger charge is -2.09. The second-order valence-electron chi connectivity index (χ2n) is 7.15. The first-order valence-corrected chi connectivity index (χ1v) is 10.9. The van der Waals surface area contributed by atoms with Crippen molar-refractivity contribution in [3.05, 3.63) is 88.7 Å². The van der Waals surface area contributed by atoms with Crippen LogP contribution in [-0.4, -0.2) is 25.8 Å². The Balaban J connectivity index is 1.47. The third-order valence-electron chi connectivity index (χ3n) is 4.92. The lowest BCUT2D eigenvalue weighted by Crippen LogP contribution is -2.24. The zero-order chi connectivity index (χ0) is 21.8. The van der Waals surface area contributed by atoms with E-state index < -0.39 is 0 Å². The average Bonchev–Trinajstić information content (AvgIpc) is 3.33. The van der Waals surface area contributed by atoms with Gasteiger partial charge in [-0.3, -0.25) is 4.79 Å². The van der Waals surface area contributed by atoms with Crippen LogP contribution in [-0.2, 0) is 12.3 Å². The molecule has 0 saturated carbocycles. The maximum Gasteiger partial charge on any atom is 0.254 e. The molecule has 1 aromatic carbocycles. The highest BCUT2D eigenvalue weighted by atomic mass is 32.2. The van der Waals surface area contributed by atoms with Crippen LogP contribution >= 0.6 is 11.8 Å². The van der Waals surface area contributed by atoms with Crippen molar-refractivity contribution >= 4 is 17.7 Å². The number of benzene rings is 1. The molecular weight excluding hydrogens is 410 g/mol. The number of carbonyl (C=O) groups is 1.